The fourth-order valence-corrected chi connectivity index (χ4v) is 1.33. The van der Waals surface area contributed by atoms with Crippen LogP contribution in [0, 0.1) is 0 Å². The number of rotatable bonds is 9. The van der Waals surface area contributed by atoms with Crippen LogP contribution in [0.25, 0.3) is 0 Å². The maximum absolute atomic E-state index is 5.78. The van der Waals surface area contributed by atoms with Crippen molar-refractivity contribution in [3.05, 3.63) is 0 Å². The van der Waals surface area contributed by atoms with Crippen LogP contribution >= 0.6 is 0 Å². The highest BCUT2D eigenvalue weighted by Gasteiger charge is 2.26. The molecule has 2 unspecified atom stereocenters. The van der Waals surface area contributed by atoms with Crippen LogP contribution in [0.15, 0.2) is 0 Å². The van der Waals surface area contributed by atoms with Crippen LogP contribution in [-0.4, -0.2) is 52.4 Å². The van der Waals surface area contributed by atoms with Gasteiger partial charge in [-0.1, -0.05) is 0 Å². The van der Waals surface area contributed by atoms with Crippen molar-refractivity contribution in [2.75, 3.05) is 34.4 Å². The zero-order valence-corrected chi connectivity index (χ0v) is 11.1. The van der Waals surface area contributed by atoms with Gasteiger partial charge in [0.15, 0.2) is 6.29 Å². The first-order valence-corrected chi connectivity index (χ1v) is 5.54. The summed E-state index contributed by atoms with van der Waals surface area (Å²) in [5, 5.41) is 3.39. The van der Waals surface area contributed by atoms with Crippen molar-refractivity contribution in [1.29, 1.82) is 0 Å². The molecule has 2 atom stereocenters. The van der Waals surface area contributed by atoms with Crippen LogP contribution < -0.4 is 11.1 Å². The topological polar surface area (TPSA) is 65.7 Å². The average molecular weight is 234 g/mol. The Morgan fingerprint density at radius 1 is 1.19 bits per heavy atom. The van der Waals surface area contributed by atoms with Gasteiger partial charge in [0.2, 0.25) is 0 Å². The number of ether oxygens (including phenoxy) is 3. The maximum atomic E-state index is 5.78. The Morgan fingerprint density at radius 2 is 1.75 bits per heavy atom. The first-order valence-electron chi connectivity index (χ1n) is 5.54. The third-order valence-electron chi connectivity index (χ3n) is 2.81. The zero-order chi connectivity index (χ0) is 12.6. The molecule has 0 aliphatic heterocycles. The molecule has 0 aromatic heterocycles. The largest absolute Gasteiger partial charge is 0.380 e. The van der Waals surface area contributed by atoms with Gasteiger partial charge in [-0.25, -0.2) is 0 Å². The lowest BCUT2D eigenvalue weighted by atomic mass is 9.97. The van der Waals surface area contributed by atoms with Gasteiger partial charge in [-0.05, 0) is 13.8 Å². The van der Waals surface area contributed by atoms with Crippen LogP contribution in [0.1, 0.15) is 20.3 Å². The van der Waals surface area contributed by atoms with Gasteiger partial charge in [-0.3, -0.25) is 0 Å². The van der Waals surface area contributed by atoms with Crippen molar-refractivity contribution in [2.45, 2.75) is 38.2 Å². The van der Waals surface area contributed by atoms with Crippen LogP contribution in [-0.2, 0) is 14.2 Å². The summed E-state index contributed by atoms with van der Waals surface area (Å²) < 4.78 is 15.5. The van der Waals surface area contributed by atoms with Crippen LogP contribution in [0.3, 0.4) is 0 Å². The van der Waals surface area contributed by atoms with E-state index in [9.17, 15) is 0 Å². The summed E-state index contributed by atoms with van der Waals surface area (Å²) >= 11 is 0. The summed E-state index contributed by atoms with van der Waals surface area (Å²) in [6.45, 7) is 5.34. The quantitative estimate of drug-likeness (QED) is 0.563. The van der Waals surface area contributed by atoms with Gasteiger partial charge >= 0.3 is 0 Å². The maximum Gasteiger partial charge on any atom is 0.158 e. The molecular weight excluding hydrogens is 208 g/mol. The molecule has 5 nitrogen and oxygen atoms in total. The highest BCUT2D eigenvalue weighted by molar-refractivity contribution is 4.86. The van der Waals surface area contributed by atoms with Crippen molar-refractivity contribution >= 4 is 0 Å². The van der Waals surface area contributed by atoms with Crippen LogP contribution in [0.2, 0.25) is 0 Å². The smallest absolute Gasteiger partial charge is 0.158 e. The SMILES string of the molecule is COC(C)CNC(C)(CN)CC(OC)OC. The highest BCUT2D eigenvalue weighted by Crippen LogP contribution is 2.13. The minimum absolute atomic E-state index is 0.161. The molecule has 5 heteroatoms. The van der Waals surface area contributed by atoms with E-state index in [-0.39, 0.29) is 17.9 Å². The summed E-state index contributed by atoms with van der Waals surface area (Å²) in [6, 6.07) is 0. The van der Waals surface area contributed by atoms with Crippen molar-refractivity contribution < 1.29 is 14.2 Å². The summed E-state index contributed by atoms with van der Waals surface area (Å²) in [6.07, 6.45) is 0.626. The minimum Gasteiger partial charge on any atom is -0.380 e. The molecule has 98 valence electrons. The lowest BCUT2D eigenvalue weighted by Crippen LogP contribution is -2.53. The van der Waals surface area contributed by atoms with E-state index in [0.717, 1.165) is 6.54 Å². The van der Waals surface area contributed by atoms with Gasteiger partial charge in [0.25, 0.3) is 0 Å². The molecule has 0 rings (SSSR count). The molecule has 0 radical (unpaired) electrons. The lowest BCUT2D eigenvalue weighted by molar-refractivity contribution is -0.117. The van der Waals surface area contributed by atoms with E-state index in [1.807, 2.05) is 6.92 Å². The van der Waals surface area contributed by atoms with Crippen molar-refractivity contribution in [3.63, 3.8) is 0 Å². The van der Waals surface area contributed by atoms with Gasteiger partial charge in [-0.2, -0.15) is 0 Å². The van der Waals surface area contributed by atoms with Gasteiger partial charge in [0, 0.05) is 46.4 Å². The molecule has 0 heterocycles. The standard InChI is InChI=1S/C11H26N2O3/c1-9(14-3)7-13-11(2,8-12)6-10(15-4)16-5/h9-10,13H,6-8,12H2,1-5H3. The normalized spacial score (nSPS) is 17.4. The molecule has 16 heavy (non-hydrogen) atoms. The molecular formula is C11H26N2O3. The molecule has 0 aromatic rings. The second-order valence-corrected chi connectivity index (χ2v) is 4.30. The third kappa shape index (κ3) is 5.77. The van der Waals surface area contributed by atoms with Gasteiger partial charge in [0.05, 0.1) is 6.10 Å². The predicted molar refractivity (Wildman–Crippen MR) is 64.4 cm³/mol. The van der Waals surface area contributed by atoms with E-state index in [2.05, 4.69) is 12.2 Å². The van der Waals surface area contributed by atoms with E-state index in [4.69, 9.17) is 19.9 Å². The number of nitrogens with two attached hydrogens (primary N) is 1. The fraction of sp³-hybridized carbons (Fsp3) is 1.00. The van der Waals surface area contributed by atoms with Gasteiger partial charge in [0.1, 0.15) is 0 Å². The highest BCUT2D eigenvalue weighted by atomic mass is 16.7. The molecule has 0 saturated carbocycles. The predicted octanol–water partition coefficient (Wildman–Crippen LogP) is 0.337. The van der Waals surface area contributed by atoms with Crippen LogP contribution in [0.4, 0.5) is 0 Å². The second-order valence-electron chi connectivity index (χ2n) is 4.30. The molecule has 0 aromatic carbocycles. The van der Waals surface area contributed by atoms with E-state index in [0.29, 0.717) is 13.0 Å². The van der Waals surface area contributed by atoms with E-state index >= 15 is 0 Å². The number of hydrogen-bond donors (Lipinski definition) is 2. The zero-order valence-electron chi connectivity index (χ0n) is 11.1. The second kappa shape index (κ2) is 7.97. The van der Waals surface area contributed by atoms with Crippen molar-refractivity contribution in [3.8, 4) is 0 Å². The third-order valence-corrected chi connectivity index (χ3v) is 2.81. The Kier molecular flexibility index (Phi) is 7.87. The molecule has 0 amide bonds. The molecule has 0 aliphatic rings. The Morgan fingerprint density at radius 3 is 2.12 bits per heavy atom. The Bertz CT molecular complexity index is 177. The molecule has 0 aliphatic carbocycles. The monoisotopic (exact) mass is 234 g/mol. The first kappa shape index (κ1) is 15.8. The number of methoxy groups -OCH3 is 3. The summed E-state index contributed by atoms with van der Waals surface area (Å²) in [5.74, 6) is 0. The minimum atomic E-state index is -0.237. The number of nitrogens with one attached hydrogen (secondary N) is 1. The molecule has 0 fully saturated rings. The Balaban J connectivity index is 4.18. The van der Waals surface area contributed by atoms with Crippen molar-refractivity contribution in [1.82, 2.24) is 5.32 Å². The van der Waals surface area contributed by atoms with E-state index in [1.165, 1.54) is 0 Å². The number of hydrogen-bond acceptors (Lipinski definition) is 5. The van der Waals surface area contributed by atoms with E-state index < -0.39 is 0 Å². The molecule has 0 bridgehead atoms. The fourth-order valence-electron chi connectivity index (χ4n) is 1.33. The summed E-state index contributed by atoms with van der Waals surface area (Å²) in [7, 11) is 4.95. The van der Waals surface area contributed by atoms with Gasteiger partial charge < -0.3 is 25.3 Å². The molecule has 0 spiro atoms. The first-order chi connectivity index (χ1) is 7.51. The summed E-state index contributed by atoms with van der Waals surface area (Å²) in [4.78, 5) is 0. The molecule has 0 saturated heterocycles. The van der Waals surface area contributed by atoms with Crippen molar-refractivity contribution in [2.24, 2.45) is 5.73 Å². The summed E-state index contributed by atoms with van der Waals surface area (Å²) in [5.41, 5.74) is 5.57. The van der Waals surface area contributed by atoms with Crippen LogP contribution in [0.5, 0.6) is 0 Å². The molecule has 3 N–H and O–H groups in total. The Hall–Kier alpha value is -0.200. The van der Waals surface area contributed by atoms with E-state index in [1.54, 1.807) is 21.3 Å². The van der Waals surface area contributed by atoms with Gasteiger partial charge in [-0.15, -0.1) is 0 Å². The average Bonchev–Trinajstić information content (AvgIpc) is 2.33. The lowest BCUT2D eigenvalue weighted by Gasteiger charge is -2.33. The Labute approximate surface area is 98.6 Å².